The topological polar surface area (TPSA) is 50.7 Å². The Morgan fingerprint density at radius 1 is 1.46 bits per heavy atom. The fraction of sp³-hybridized carbons (Fsp3) is 0.474. The van der Waals surface area contributed by atoms with Gasteiger partial charge in [0.2, 0.25) is 5.95 Å². The molecule has 28 heavy (non-hydrogen) atoms. The van der Waals surface area contributed by atoms with E-state index < -0.39 is 35.1 Å². The van der Waals surface area contributed by atoms with Crippen LogP contribution in [0.5, 0.6) is 0 Å². The van der Waals surface area contributed by atoms with Gasteiger partial charge in [0.25, 0.3) is 12.3 Å². The second-order valence-electron chi connectivity index (χ2n) is 7.46. The van der Waals surface area contributed by atoms with E-state index in [9.17, 15) is 18.0 Å². The number of aryl methyl sites for hydroxylation is 1. The smallest absolute Gasteiger partial charge is 0.283 e. The number of nitrogens with zero attached hydrogens (tertiary/aromatic N) is 3. The lowest BCUT2D eigenvalue weighted by molar-refractivity contribution is 0.0711. The zero-order valence-electron chi connectivity index (χ0n) is 15.4. The molecule has 1 saturated carbocycles. The number of carbonyl (C=O) groups excluding carboxylic acids is 1. The van der Waals surface area contributed by atoms with E-state index >= 15 is 0 Å². The van der Waals surface area contributed by atoms with Gasteiger partial charge in [-0.3, -0.25) is 4.79 Å². The second kappa shape index (κ2) is 6.77. The highest BCUT2D eigenvalue weighted by Crippen LogP contribution is 2.42. The van der Waals surface area contributed by atoms with Crippen molar-refractivity contribution in [2.45, 2.75) is 44.4 Å². The van der Waals surface area contributed by atoms with Gasteiger partial charge >= 0.3 is 0 Å². The maximum atomic E-state index is 14.4. The number of ether oxygens (including phenoxy) is 1. The summed E-state index contributed by atoms with van der Waals surface area (Å²) in [5.74, 6) is -1.84. The molecule has 2 aliphatic rings. The fourth-order valence-electron chi connectivity index (χ4n) is 3.43. The molecule has 1 aliphatic carbocycles. The standard InChI is InChI=1S/C19H19ClF3N3O2/c1-19(9-28-19)13-6-3-11(20)7-10(13)8-26(12-4-5-12)18(27)14-15(16(21)22)24-25(2)17(14)23/h3,6-7,12,16H,4-5,8-9H2,1-2H3. The van der Waals surface area contributed by atoms with Gasteiger partial charge in [0.1, 0.15) is 16.9 Å². The monoisotopic (exact) mass is 413 g/mol. The summed E-state index contributed by atoms with van der Waals surface area (Å²) in [4.78, 5) is 14.5. The lowest BCUT2D eigenvalue weighted by atomic mass is 9.95. The number of hydrogen-bond donors (Lipinski definition) is 0. The van der Waals surface area contributed by atoms with Gasteiger partial charge in [-0.2, -0.15) is 9.49 Å². The fourth-order valence-corrected chi connectivity index (χ4v) is 3.62. The molecule has 4 rings (SSSR count). The number of epoxide rings is 1. The molecule has 1 unspecified atom stereocenters. The van der Waals surface area contributed by atoms with E-state index in [-0.39, 0.29) is 12.6 Å². The van der Waals surface area contributed by atoms with Crippen LogP contribution in [0.2, 0.25) is 5.02 Å². The van der Waals surface area contributed by atoms with Crippen LogP contribution in [0.15, 0.2) is 18.2 Å². The molecule has 1 amide bonds. The average Bonchev–Trinajstić information content (AvgIpc) is 3.55. The Morgan fingerprint density at radius 3 is 2.71 bits per heavy atom. The molecule has 1 aromatic heterocycles. The first-order valence-electron chi connectivity index (χ1n) is 8.95. The third kappa shape index (κ3) is 3.39. The van der Waals surface area contributed by atoms with E-state index in [2.05, 4.69) is 5.10 Å². The summed E-state index contributed by atoms with van der Waals surface area (Å²) in [6.45, 7) is 2.61. The molecule has 1 atom stereocenters. The van der Waals surface area contributed by atoms with Gasteiger partial charge < -0.3 is 9.64 Å². The van der Waals surface area contributed by atoms with Crippen molar-refractivity contribution in [3.8, 4) is 0 Å². The highest BCUT2D eigenvalue weighted by Gasteiger charge is 2.44. The van der Waals surface area contributed by atoms with Crippen molar-refractivity contribution in [2.75, 3.05) is 6.61 Å². The largest absolute Gasteiger partial charge is 0.365 e. The summed E-state index contributed by atoms with van der Waals surface area (Å²) in [5.41, 5.74) is -0.306. The van der Waals surface area contributed by atoms with Crippen LogP contribution in [0.4, 0.5) is 13.2 Å². The predicted molar refractivity (Wildman–Crippen MR) is 95.8 cm³/mol. The summed E-state index contributed by atoms with van der Waals surface area (Å²) in [5, 5.41) is 3.98. The predicted octanol–water partition coefficient (Wildman–Crippen LogP) is 4.20. The number of halogens is 4. The van der Waals surface area contributed by atoms with E-state index in [0.717, 1.165) is 24.0 Å². The van der Waals surface area contributed by atoms with E-state index in [1.165, 1.54) is 11.9 Å². The summed E-state index contributed by atoms with van der Waals surface area (Å²) in [6, 6.07) is 5.19. The summed E-state index contributed by atoms with van der Waals surface area (Å²) in [6.07, 6.45) is -1.57. The van der Waals surface area contributed by atoms with Crippen LogP contribution in [0.1, 0.15) is 53.4 Å². The third-order valence-corrected chi connectivity index (χ3v) is 5.46. The SMILES string of the molecule is Cn1nc(C(F)F)c(C(=O)N(Cc2cc(Cl)ccc2C2(C)CO2)C2CC2)c1F. The van der Waals surface area contributed by atoms with Crippen LogP contribution in [0.25, 0.3) is 0 Å². The molecular weight excluding hydrogens is 395 g/mol. The van der Waals surface area contributed by atoms with Gasteiger partial charge in [0.15, 0.2) is 0 Å². The number of alkyl halides is 2. The summed E-state index contributed by atoms with van der Waals surface area (Å²) >= 11 is 6.14. The minimum Gasteiger partial charge on any atom is -0.365 e. The molecule has 1 aromatic carbocycles. The highest BCUT2D eigenvalue weighted by atomic mass is 35.5. The van der Waals surface area contributed by atoms with Crippen molar-refractivity contribution in [1.29, 1.82) is 0 Å². The Labute approximate surface area is 165 Å². The number of aromatic nitrogens is 2. The zero-order chi connectivity index (χ0) is 20.2. The Bertz CT molecular complexity index is 939. The number of carbonyl (C=O) groups is 1. The van der Waals surface area contributed by atoms with E-state index in [1.54, 1.807) is 12.1 Å². The molecule has 1 aliphatic heterocycles. The minimum absolute atomic E-state index is 0.127. The molecule has 0 radical (unpaired) electrons. The quantitative estimate of drug-likeness (QED) is 0.667. The molecule has 150 valence electrons. The Morgan fingerprint density at radius 2 is 2.14 bits per heavy atom. The van der Waals surface area contributed by atoms with E-state index in [0.29, 0.717) is 16.3 Å². The molecule has 0 bridgehead atoms. The molecular formula is C19H19ClF3N3O2. The van der Waals surface area contributed by atoms with Crippen molar-refractivity contribution in [2.24, 2.45) is 7.05 Å². The first-order chi connectivity index (χ1) is 13.2. The molecule has 5 nitrogen and oxygen atoms in total. The second-order valence-corrected chi connectivity index (χ2v) is 7.90. The van der Waals surface area contributed by atoms with Crippen LogP contribution < -0.4 is 0 Å². The number of rotatable bonds is 6. The molecule has 1 saturated heterocycles. The Balaban J connectivity index is 1.71. The summed E-state index contributed by atoms with van der Waals surface area (Å²) in [7, 11) is 1.19. The van der Waals surface area contributed by atoms with E-state index in [4.69, 9.17) is 16.3 Å². The molecule has 9 heteroatoms. The normalized spacial score (nSPS) is 21.2. The van der Waals surface area contributed by atoms with Gasteiger partial charge in [-0.1, -0.05) is 17.7 Å². The van der Waals surface area contributed by atoms with Crippen LogP contribution in [-0.2, 0) is 23.9 Å². The molecule has 2 heterocycles. The van der Waals surface area contributed by atoms with Gasteiger partial charge in [-0.25, -0.2) is 13.5 Å². The molecule has 2 aromatic rings. The number of amides is 1. The summed E-state index contributed by atoms with van der Waals surface area (Å²) < 4.78 is 47.3. The van der Waals surface area contributed by atoms with Gasteiger partial charge in [-0.15, -0.1) is 0 Å². The lowest BCUT2D eigenvalue weighted by Gasteiger charge is -2.25. The maximum Gasteiger partial charge on any atom is 0.283 e. The highest BCUT2D eigenvalue weighted by molar-refractivity contribution is 6.30. The first-order valence-corrected chi connectivity index (χ1v) is 9.33. The van der Waals surface area contributed by atoms with Crippen molar-refractivity contribution >= 4 is 17.5 Å². The molecule has 2 fully saturated rings. The Kier molecular flexibility index (Phi) is 4.66. The van der Waals surface area contributed by atoms with Crippen molar-refractivity contribution in [1.82, 2.24) is 14.7 Å². The third-order valence-electron chi connectivity index (χ3n) is 5.23. The molecule has 0 N–H and O–H groups in total. The number of hydrogen-bond acceptors (Lipinski definition) is 3. The van der Waals surface area contributed by atoms with Crippen molar-refractivity contribution < 1.29 is 22.7 Å². The van der Waals surface area contributed by atoms with Gasteiger partial charge in [-0.05, 0) is 43.0 Å². The van der Waals surface area contributed by atoms with Gasteiger partial charge in [0.05, 0.1) is 6.61 Å². The van der Waals surface area contributed by atoms with Crippen LogP contribution in [0, 0.1) is 5.95 Å². The average molecular weight is 414 g/mol. The van der Waals surface area contributed by atoms with Crippen LogP contribution >= 0.6 is 11.6 Å². The maximum absolute atomic E-state index is 14.4. The Hall–Kier alpha value is -2.06. The van der Waals surface area contributed by atoms with Crippen molar-refractivity contribution in [3.63, 3.8) is 0 Å². The number of benzene rings is 1. The van der Waals surface area contributed by atoms with Crippen LogP contribution in [0.3, 0.4) is 0 Å². The van der Waals surface area contributed by atoms with Gasteiger partial charge in [0, 0.05) is 24.7 Å². The first kappa shape index (κ1) is 19.3. The zero-order valence-corrected chi connectivity index (χ0v) is 16.1. The lowest BCUT2D eigenvalue weighted by Crippen LogP contribution is -2.34. The molecule has 0 spiro atoms. The van der Waals surface area contributed by atoms with E-state index in [1.807, 2.05) is 13.0 Å². The van der Waals surface area contributed by atoms with Crippen molar-refractivity contribution in [3.05, 3.63) is 51.6 Å². The minimum atomic E-state index is -3.05. The van der Waals surface area contributed by atoms with Crippen LogP contribution in [-0.4, -0.2) is 33.2 Å².